The highest BCUT2D eigenvalue weighted by molar-refractivity contribution is 7.98. The van der Waals surface area contributed by atoms with Crippen LogP contribution in [-0.4, -0.2) is 41.2 Å². The molecule has 0 fully saturated rings. The number of hydrogen-bond acceptors (Lipinski definition) is 4. The number of carboxylic acid groups (broad SMARTS) is 1. The first-order valence-electron chi connectivity index (χ1n) is 12.9. The first-order chi connectivity index (χ1) is 16.5. The summed E-state index contributed by atoms with van der Waals surface area (Å²) in [5.41, 5.74) is 1.25. The number of hydrogen-bond donors (Lipinski definition) is 3. The summed E-state index contributed by atoms with van der Waals surface area (Å²) < 4.78 is 0. The number of rotatable bonds is 20. The van der Waals surface area contributed by atoms with Gasteiger partial charge >= 0.3 is 5.97 Å². The smallest absolute Gasteiger partial charge is 0.335 e. The van der Waals surface area contributed by atoms with E-state index in [2.05, 4.69) is 24.5 Å². The fourth-order valence-corrected chi connectivity index (χ4v) is 4.63. The van der Waals surface area contributed by atoms with Gasteiger partial charge < -0.3 is 15.7 Å². The van der Waals surface area contributed by atoms with Gasteiger partial charge in [0.1, 0.15) is 6.04 Å². The van der Waals surface area contributed by atoms with E-state index in [0.29, 0.717) is 24.5 Å². The minimum Gasteiger partial charge on any atom is -0.478 e. The van der Waals surface area contributed by atoms with Crippen LogP contribution >= 0.6 is 11.8 Å². The third kappa shape index (κ3) is 14.3. The van der Waals surface area contributed by atoms with E-state index in [1.807, 2.05) is 0 Å². The van der Waals surface area contributed by atoms with Crippen molar-refractivity contribution >= 4 is 29.5 Å². The standard InChI is InChI=1S/C27H44N2O4S/c1-3-5-7-9-10-11-12-14-25(30)29-24(26(31)28-19-13-8-6-4-2)21-34-20-22-15-17-23(18-16-22)27(32)33/h15-18,24H,3-14,19-21H2,1-2H3,(H,28,31)(H,29,30)(H,32,33)/t24-/m0/s1. The van der Waals surface area contributed by atoms with Gasteiger partial charge in [0.15, 0.2) is 0 Å². The molecule has 1 rings (SSSR count). The molecule has 6 nitrogen and oxygen atoms in total. The summed E-state index contributed by atoms with van der Waals surface area (Å²) in [6.07, 6.45) is 12.9. The van der Waals surface area contributed by atoms with Crippen LogP contribution in [0.25, 0.3) is 0 Å². The third-order valence-electron chi connectivity index (χ3n) is 5.74. The number of benzene rings is 1. The number of nitrogens with one attached hydrogen (secondary N) is 2. The van der Waals surface area contributed by atoms with E-state index in [0.717, 1.165) is 50.5 Å². The largest absolute Gasteiger partial charge is 0.478 e. The van der Waals surface area contributed by atoms with Gasteiger partial charge in [-0.15, -0.1) is 0 Å². The summed E-state index contributed by atoms with van der Waals surface area (Å²) in [7, 11) is 0. The highest BCUT2D eigenvalue weighted by Gasteiger charge is 2.20. The minimum atomic E-state index is -0.946. The monoisotopic (exact) mass is 492 g/mol. The zero-order valence-electron chi connectivity index (χ0n) is 21.1. The van der Waals surface area contributed by atoms with Crippen molar-refractivity contribution in [3.63, 3.8) is 0 Å². The van der Waals surface area contributed by atoms with Crippen LogP contribution in [0.5, 0.6) is 0 Å². The lowest BCUT2D eigenvalue weighted by molar-refractivity contribution is -0.128. The maximum atomic E-state index is 12.7. The molecule has 0 bridgehead atoms. The lowest BCUT2D eigenvalue weighted by Crippen LogP contribution is -2.48. The molecule has 0 aliphatic carbocycles. The topological polar surface area (TPSA) is 95.5 Å². The summed E-state index contributed by atoms with van der Waals surface area (Å²) >= 11 is 1.56. The number of carbonyl (C=O) groups is 3. The summed E-state index contributed by atoms with van der Waals surface area (Å²) in [5.74, 6) is -0.0132. The van der Waals surface area contributed by atoms with Crippen molar-refractivity contribution < 1.29 is 19.5 Å². The lowest BCUT2D eigenvalue weighted by atomic mass is 10.1. The normalized spacial score (nSPS) is 11.7. The average molecular weight is 493 g/mol. The van der Waals surface area contributed by atoms with Gasteiger partial charge in [0.05, 0.1) is 5.56 Å². The van der Waals surface area contributed by atoms with Crippen LogP contribution in [0.4, 0.5) is 0 Å². The molecule has 0 aliphatic heterocycles. The highest BCUT2D eigenvalue weighted by atomic mass is 32.2. The number of amides is 2. The summed E-state index contributed by atoms with van der Waals surface area (Å²) in [5, 5.41) is 14.9. The fourth-order valence-electron chi connectivity index (χ4n) is 3.62. The fraction of sp³-hybridized carbons (Fsp3) is 0.667. The molecule has 0 aromatic heterocycles. The first kappa shape index (κ1) is 30.0. The van der Waals surface area contributed by atoms with Crippen molar-refractivity contribution in [2.24, 2.45) is 0 Å². The molecule has 34 heavy (non-hydrogen) atoms. The van der Waals surface area contributed by atoms with E-state index in [9.17, 15) is 14.4 Å². The lowest BCUT2D eigenvalue weighted by Gasteiger charge is -2.18. The zero-order chi connectivity index (χ0) is 25.0. The van der Waals surface area contributed by atoms with Crippen molar-refractivity contribution in [3.05, 3.63) is 35.4 Å². The van der Waals surface area contributed by atoms with Crippen LogP contribution in [0, 0.1) is 0 Å². The summed E-state index contributed by atoms with van der Waals surface area (Å²) in [6.45, 7) is 4.99. The molecule has 0 unspecified atom stereocenters. The summed E-state index contributed by atoms with van der Waals surface area (Å²) in [6, 6.07) is 6.19. The molecule has 0 radical (unpaired) electrons. The van der Waals surface area contributed by atoms with Crippen LogP contribution in [-0.2, 0) is 15.3 Å². The minimum absolute atomic E-state index is 0.0638. The molecule has 2 amide bonds. The van der Waals surface area contributed by atoms with Gasteiger partial charge in [-0.3, -0.25) is 9.59 Å². The van der Waals surface area contributed by atoms with E-state index in [-0.39, 0.29) is 17.4 Å². The van der Waals surface area contributed by atoms with Crippen molar-refractivity contribution in [2.75, 3.05) is 12.3 Å². The predicted octanol–water partition coefficient (Wildman–Crippen LogP) is 5.94. The Kier molecular flexibility index (Phi) is 17.0. The molecule has 0 heterocycles. The molecule has 7 heteroatoms. The second-order valence-electron chi connectivity index (χ2n) is 8.86. The van der Waals surface area contributed by atoms with Gasteiger partial charge in [0, 0.05) is 24.5 Å². The maximum absolute atomic E-state index is 12.7. The molecular formula is C27H44N2O4S. The van der Waals surface area contributed by atoms with Crippen LogP contribution in [0.3, 0.4) is 0 Å². The zero-order valence-corrected chi connectivity index (χ0v) is 21.9. The van der Waals surface area contributed by atoms with Crippen molar-refractivity contribution in [2.45, 2.75) is 103 Å². The van der Waals surface area contributed by atoms with Crippen LogP contribution in [0.2, 0.25) is 0 Å². The van der Waals surface area contributed by atoms with Crippen molar-refractivity contribution in [1.29, 1.82) is 0 Å². The van der Waals surface area contributed by atoms with Crippen molar-refractivity contribution in [3.8, 4) is 0 Å². The van der Waals surface area contributed by atoms with Gasteiger partial charge in [-0.25, -0.2) is 4.79 Å². The molecular weight excluding hydrogens is 448 g/mol. The number of thioether (sulfide) groups is 1. The SMILES string of the molecule is CCCCCCCCCC(=O)N[C@@H](CSCc1ccc(C(=O)O)cc1)C(=O)NCCCCCC. The molecule has 0 saturated heterocycles. The molecule has 1 aromatic carbocycles. The van der Waals surface area contributed by atoms with Crippen molar-refractivity contribution in [1.82, 2.24) is 10.6 Å². The Labute approximate surface area is 210 Å². The quantitative estimate of drug-likeness (QED) is 0.196. The average Bonchev–Trinajstić information content (AvgIpc) is 2.83. The second kappa shape index (κ2) is 19.3. The Hall–Kier alpha value is -2.02. The van der Waals surface area contributed by atoms with Gasteiger partial charge in [0.25, 0.3) is 0 Å². The van der Waals surface area contributed by atoms with E-state index >= 15 is 0 Å². The van der Waals surface area contributed by atoms with Gasteiger partial charge in [-0.2, -0.15) is 11.8 Å². The highest BCUT2D eigenvalue weighted by Crippen LogP contribution is 2.15. The van der Waals surface area contributed by atoms with E-state index in [1.54, 1.807) is 36.0 Å². The van der Waals surface area contributed by atoms with Gasteiger partial charge in [0.2, 0.25) is 11.8 Å². The first-order valence-corrected chi connectivity index (χ1v) is 14.1. The number of carboxylic acids is 1. The van der Waals surface area contributed by atoms with E-state index in [4.69, 9.17) is 5.11 Å². The molecule has 0 spiro atoms. The number of aromatic carboxylic acids is 1. The molecule has 3 N–H and O–H groups in total. The predicted molar refractivity (Wildman–Crippen MR) is 141 cm³/mol. The Balaban J connectivity index is 2.48. The molecule has 0 aliphatic rings. The Morgan fingerprint density at radius 3 is 2.06 bits per heavy atom. The molecule has 192 valence electrons. The molecule has 0 saturated carbocycles. The molecule has 1 aromatic rings. The van der Waals surface area contributed by atoms with Gasteiger partial charge in [-0.1, -0.05) is 83.8 Å². The van der Waals surface area contributed by atoms with E-state index in [1.165, 1.54) is 25.7 Å². The summed E-state index contributed by atoms with van der Waals surface area (Å²) in [4.78, 5) is 36.2. The van der Waals surface area contributed by atoms with Crippen LogP contribution < -0.4 is 10.6 Å². The molecule has 1 atom stereocenters. The maximum Gasteiger partial charge on any atom is 0.335 e. The van der Waals surface area contributed by atoms with Crippen LogP contribution in [0.1, 0.15) is 107 Å². The van der Waals surface area contributed by atoms with E-state index < -0.39 is 12.0 Å². The number of unbranched alkanes of at least 4 members (excludes halogenated alkanes) is 9. The Morgan fingerprint density at radius 1 is 0.853 bits per heavy atom. The van der Waals surface area contributed by atoms with Gasteiger partial charge in [-0.05, 0) is 30.5 Å². The number of carbonyl (C=O) groups excluding carboxylic acids is 2. The Morgan fingerprint density at radius 2 is 1.44 bits per heavy atom. The second-order valence-corrected chi connectivity index (χ2v) is 9.89. The Bertz CT molecular complexity index is 709. The third-order valence-corrected chi connectivity index (χ3v) is 6.85. The van der Waals surface area contributed by atoms with Crippen LogP contribution in [0.15, 0.2) is 24.3 Å².